The van der Waals surface area contributed by atoms with Crippen LogP contribution in [0.25, 0.3) is 0 Å². The molecule has 0 aliphatic rings. The van der Waals surface area contributed by atoms with Gasteiger partial charge < -0.3 is 9.73 Å². The van der Waals surface area contributed by atoms with Crippen LogP contribution >= 0.6 is 11.6 Å². The molecule has 102 valence electrons. The summed E-state index contributed by atoms with van der Waals surface area (Å²) in [5.74, 6) is 1.05. The summed E-state index contributed by atoms with van der Waals surface area (Å²) in [6.07, 6.45) is 4.75. The molecule has 1 unspecified atom stereocenters. The molecule has 0 amide bonds. The van der Waals surface area contributed by atoms with Crippen molar-refractivity contribution in [1.82, 2.24) is 5.32 Å². The van der Waals surface area contributed by atoms with E-state index in [2.05, 4.69) is 18.3 Å². The Bertz CT molecular complexity index is 481. The second-order valence-electron chi connectivity index (χ2n) is 4.71. The van der Waals surface area contributed by atoms with Crippen LogP contribution in [-0.4, -0.2) is 12.6 Å². The Labute approximate surface area is 119 Å². The summed E-state index contributed by atoms with van der Waals surface area (Å²) in [5, 5.41) is 4.33. The van der Waals surface area contributed by atoms with Crippen LogP contribution in [0.4, 0.5) is 0 Å². The van der Waals surface area contributed by atoms with Crippen LogP contribution in [0.5, 0.6) is 0 Å². The van der Waals surface area contributed by atoms with E-state index in [4.69, 9.17) is 16.0 Å². The van der Waals surface area contributed by atoms with Crippen molar-refractivity contribution in [2.45, 2.75) is 32.2 Å². The van der Waals surface area contributed by atoms with Gasteiger partial charge in [-0.05, 0) is 49.2 Å². The van der Waals surface area contributed by atoms with Crippen LogP contribution in [0, 0.1) is 0 Å². The summed E-state index contributed by atoms with van der Waals surface area (Å²) in [5.41, 5.74) is 1.28. The lowest BCUT2D eigenvalue weighted by Gasteiger charge is -2.17. The molecule has 0 aliphatic carbocycles. The molecule has 2 aromatic rings. The van der Waals surface area contributed by atoms with E-state index in [0.717, 1.165) is 36.6 Å². The summed E-state index contributed by atoms with van der Waals surface area (Å²) >= 11 is 6.03. The van der Waals surface area contributed by atoms with Crippen molar-refractivity contribution < 1.29 is 4.42 Å². The average molecular weight is 278 g/mol. The zero-order chi connectivity index (χ0) is 13.5. The summed E-state index contributed by atoms with van der Waals surface area (Å²) in [7, 11) is 0. The number of rotatable bonds is 7. The van der Waals surface area contributed by atoms with Gasteiger partial charge in [0.1, 0.15) is 5.76 Å². The Kier molecular flexibility index (Phi) is 5.49. The molecule has 0 bridgehead atoms. The van der Waals surface area contributed by atoms with Gasteiger partial charge in [-0.1, -0.05) is 30.7 Å². The van der Waals surface area contributed by atoms with E-state index in [0.29, 0.717) is 6.04 Å². The fourth-order valence-corrected chi connectivity index (χ4v) is 2.50. The molecule has 0 aliphatic heterocycles. The molecule has 1 heterocycles. The predicted molar refractivity (Wildman–Crippen MR) is 79.6 cm³/mol. The molecule has 2 rings (SSSR count). The van der Waals surface area contributed by atoms with Gasteiger partial charge in [0.05, 0.1) is 6.26 Å². The summed E-state index contributed by atoms with van der Waals surface area (Å²) in [6.45, 7) is 3.11. The molecule has 1 aromatic carbocycles. The van der Waals surface area contributed by atoms with E-state index in [1.54, 1.807) is 6.26 Å². The van der Waals surface area contributed by atoms with Gasteiger partial charge in [-0.25, -0.2) is 0 Å². The second kappa shape index (κ2) is 7.37. The number of nitrogens with one attached hydrogen (secondary N) is 1. The highest BCUT2D eigenvalue weighted by atomic mass is 35.5. The number of likely N-dealkylation sites (N-methyl/N-ethyl adjacent to an activating group) is 1. The van der Waals surface area contributed by atoms with Crippen molar-refractivity contribution in [1.29, 1.82) is 0 Å². The lowest BCUT2D eigenvalue weighted by molar-refractivity contribution is 0.448. The van der Waals surface area contributed by atoms with Gasteiger partial charge in [0.25, 0.3) is 0 Å². The zero-order valence-corrected chi connectivity index (χ0v) is 12.0. The van der Waals surface area contributed by atoms with Gasteiger partial charge >= 0.3 is 0 Å². The summed E-state index contributed by atoms with van der Waals surface area (Å²) in [4.78, 5) is 0. The van der Waals surface area contributed by atoms with E-state index in [-0.39, 0.29) is 0 Å². The van der Waals surface area contributed by atoms with E-state index >= 15 is 0 Å². The summed E-state index contributed by atoms with van der Waals surface area (Å²) < 4.78 is 5.38. The maximum atomic E-state index is 6.03. The molecule has 2 nitrogen and oxygen atoms in total. The monoisotopic (exact) mass is 277 g/mol. The number of aryl methyl sites for hydroxylation is 1. The third-order valence-electron chi connectivity index (χ3n) is 3.18. The molecule has 0 saturated carbocycles. The minimum Gasteiger partial charge on any atom is -0.469 e. The Morgan fingerprint density at radius 3 is 2.84 bits per heavy atom. The normalized spacial score (nSPS) is 12.5. The SMILES string of the molecule is CCNC(CCc1ccco1)Cc1cccc(Cl)c1. The highest BCUT2D eigenvalue weighted by Gasteiger charge is 2.10. The highest BCUT2D eigenvalue weighted by Crippen LogP contribution is 2.14. The van der Waals surface area contributed by atoms with Crippen molar-refractivity contribution in [3.8, 4) is 0 Å². The smallest absolute Gasteiger partial charge is 0.103 e. The van der Waals surface area contributed by atoms with Crippen LogP contribution in [0.1, 0.15) is 24.7 Å². The van der Waals surface area contributed by atoms with Crippen LogP contribution in [-0.2, 0) is 12.8 Å². The summed E-state index contributed by atoms with van der Waals surface area (Å²) in [6, 6.07) is 12.5. The van der Waals surface area contributed by atoms with Crippen molar-refractivity contribution in [3.05, 3.63) is 59.0 Å². The third-order valence-corrected chi connectivity index (χ3v) is 3.42. The quantitative estimate of drug-likeness (QED) is 0.825. The van der Waals surface area contributed by atoms with Crippen molar-refractivity contribution in [3.63, 3.8) is 0 Å². The van der Waals surface area contributed by atoms with Crippen LogP contribution in [0.15, 0.2) is 47.1 Å². The number of hydrogen-bond acceptors (Lipinski definition) is 2. The Hall–Kier alpha value is -1.25. The first-order valence-corrected chi connectivity index (χ1v) is 7.16. The molecule has 19 heavy (non-hydrogen) atoms. The lowest BCUT2D eigenvalue weighted by Crippen LogP contribution is -2.31. The van der Waals surface area contributed by atoms with Crippen molar-refractivity contribution in [2.75, 3.05) is 6.54 Å². The second-order valence-corrected chi connectivity index (χ2v) is 5.14. The molecular formula is C16H20ClNO. The fourth-order valence-electron chi connectivity index (χ4n) is 2.28. The van der Waals surface area contributed by atoms with E-state index in [1.807, 2.05) is 30.3 Å². The first kappa shape index (κ1) is 14.2. The Morgan fingerprint density at radius 2 is 2.16 bits per heavy atom. The number of hydrogen-bond donors (Lipinski definition) is 1. The topological polar surface area (TPSA) is 25.2 Å². The third kappa shape index (κ3) is 4.73. The molecule has 1 N–H and O–H groups in total. The Balaban J connectivity index is 1.91. The van der Waals surface area contributed by atoms with E-state index in [9.17, 15) is 0 Å². The van der Waals surface area contributed by atoms with E-state index in [1.165, 1.54) is 5.56 Å². The first-order chi connectivity index (χ1) is 9.28. The van der Waals surface area contributed by atoms with Crippen molar-refractivity contribution >= 4 is 11.6 Å². The average Bonchev–Trinajstić information content (AvgIpc) is 2.89. The molecule has 1 atom stereocenters. The molecule has 0 radical (unpaired) electrons. The van der Waals surface area contributed by atoms with Crippen LogP contribution < -0.4 is 5.32 Å². The van der Waals surface area contributed by atoms with Crippen LogP contribution in [0.2, 0.25) is 5.02 Å². The van der Waals surface area contributed by atoms with Crippen molar-refractivity contribution in [2.24, 2.45) is 0 Å². The number of benzene rings is 1. The first-order valence-electron chi connectivity index (χ1n) is 6.78. The lowest BCUT2D eigenvalue weighted by atomic mass is 10.0. The molecular weight excluding hydrogens is 258 g/mol. The molecule has 3 heteroatoms. The van der Waals surface area contributed by atoms with Gasteiger partial charge in [0, 0.05) is 17.5 Å². The zero-order valence-electron chi connectivity index (χ0n) is 11.2. The predicted octanol–water partition coefficient (Wildman–Crippen LogP) is 4.09. The molecule has 0 spiro atoms. The maximum Gasteiger partial charge on any atom is 0.103 e. The van der Waals surface area contributed by atoms with Crippen LogP contribution in [0.3, 0.4) is 0 Å². The van der Waals surface area contributed by atoms with Gasteiger partial charge in [-0.15, -0.1) is 0 Å². The van der Waals surface area contributed by atoms with E-state index < -0.39 is 0 Å². The molecule has 0 saturated heterocycles. The largest absolute Gasteiger partial charge is 0.469 e. The van der Waals surface area contributed by atoms with Gasteiger partial charge in [0.2, 0.25) is 0 Å². The van der Waals surface area contributed by atoms with Gasteiger partial charge in [-0.3, -0.25) is 0 Å². The molecule has 1 aromatic heterocycles. The molecule has 0 fully saturated rings. The Morgan fingerprint density at radius 1 is 1.26 bits per heavy atom. The van der Waals surface area contributed by atoms with Gasteiger partial charge in [0.15, 0.2) is 0 Å². The minimum absolute atomic E-state index is 0.452. The minimum atomic E-state index is 0.452. The standard InChI is InChI=1S/C16H20ClNO/c1-2-18-15(8-9-16-7-4-10-19-16)12-13-5-3-6-14(17)11-13/h3-7,10-11,15,18H,2,8-9,12H2,1H3. The maximum absolute atomic E-state index is 6.03. The number of halogens is 1. The highest BCUT2D eigenvalue weighted by molar-refractivity contribution is 6.30. The fraction of sp³-hybridized carbons (Fsp3) is 0.375. The number of furan rings is 1. The van der Waals surface area contributed by atoms with Gasteiger partial charge in [-0.2, -0.15) is 0 Å².